The molecule has 4 nitrogen and oxygen atoms in total. The van der Waals surface area contributed by atoms with Crippen molar-refractivity contribution in [1.29, 1.82) is 0 Å². The molecule has 0 amide bonds. The Morgan fingerprint density at radius 1 is 0.559 bits per heavy atom. The molecule has 0 N–H and O–H groups in total. The van der Waals surface area contributed by atoms with E-state index in [0.29, 0.717) is 0 Å². The van der Waals surface area contributed by atoms with Crippen LogP contribution in [0.15, 0.2) is 109 Å². The van der Waals surface area contributed by atoms with Gasteiger partial charge in [-0.1, -0.05) is 98.8 Å². The van der Waals surface area contributed by atoms with Gasteiger partial charge < -0.3 is 13.9 Å². The molecule has 4 aromatic carbocycles. The van der Waals surface area contributed by atoms with Crippen LogP contribution in [0.4, 0.5) is 0 Å². The zero-order valence-corrected chi connectivity index (χ0v) is 22.5. The van der Waals surface area contributed by atoms with Crippen molar-refractivity contribution in [2.45, 2.75) is 25.7 Å². The van der Waals surface area contributed by atoms with Gasteiger partial charge in [-0.05, 0) is 46.5 Å². The Hall–Kier alpha value is -2.33. The van der Waals surface area contributed by atoms with E-state index in [9.17, 15) is 9.46 Å². The predicted molar refractivity (Wildman–Crippen MR) is 130 cm³/mol. The maximum absolute atomic E-state index is 12.4. The topological polar surface area (TPSA) is 58.6 Å². The van der Waals surface area contributed by atoms with Gasteiger partial charge in [-0.15, -0.1) is 0 Å². The van der Waals surface area contributed by atoms with Gasteiger partial charge in [-0.3, -0.25) is 0 Å². The normalized spacial score (nSPS) is 14.2. The number of benzene rings is 4. The van der Waals surface area contributed by atoms with Crippen LogP contribution in [0.25, 0.3) is 0 Å². The largest absolute Gasteiger partial charge is 1.00 e. The van der Waals surface area contributed by atoms with Gasteiger partial charge in [-0.2, -0.15) is 0 Å². The molecule has 0 aliphatic carbocycles. The summed E-state index contributed by atoms with van der Waals surface area (Å²) >= 11 is 0. The third-order valence-corrected chi connectivity index (χ3v) is 6.66. The number of hydrogen-bond donors (Lipinski definition) is 0. The molecule has 2 unspecified atom stereocenters. The Morgan fingerprint density at radius 3 is 1.18 bits per heavy atom. The number of hydrogen-bond acceptors (Lipinski definition) is 4. The summed E-state index contributed by atoms with van der Waals surface area (Å²) in [7, 11) is -4.58. The van der Waals surface area contributed by atoms with E-state index < -0.39 is 7.82 Å². The fourth-order valence-corrected chi connectivity index (χ4v) is 4.58. The van der Waals surface area contributed by atoms with Crippen LogP contribution < -0.4 is 43.5 Å². The third kappa shape index (κ3) is 6.85. The van der Waals surface area contributed by atoms with Crippen molar-refractivity contribution >= 4 is 7.82 Å². The van der Waals surface area contributed by atoms with Gasteiger partial charge in [-0.25, -0.2) is 4.57 Å². The Balaban J connectivity index is 0.00000324. The molecule has 0 saturated heterocycles. The molecule has 0 bridgehead atoms. The molecule has 4 aromatic rings. The van der Waals surface area contributed by atoms with E-state index in [1.807, 2.05) is 60.7 Å². The quantitative estimate of drug-likeness (QED) is 0.283. The molecular weight excluding hydrogens is 454 g/mol. The minimum Gasteiger partial charge on any atom is -0.736 e. The molecule has 6 heteroatoms. The molecule has 0 spiro atoms. The monoisotopic (exact) mass is 480 g/mol. The van der Waals surface area contributed by atoms with Crippen LogP contribution in [0.5, 0.6) is 11.5 Å². The summed E-state index contributed by atoms with van der Waals surface area (Å²) in [5.41, 5.74) is 4.51. The zero-order valence-electron chi connectivity index (χ0n) is 19.6. The minimum atomic E-state index is -4.58. The van der Waals surface area contributed by atoms with Crippen molar-refractivity contribution < 1.29 is 48.1 Å². The standard InChI is InChI=1S/C28H27O4P.Na/c1-21(23-9-5-3-6-10-23)25-13-17-27(18-14-25)31-33(29,30)32-28-19-15-26(16-20-28)22(2)24-11-7-4-8-12-24;/h3-22H,1-2H3,(H,29,30);/q;+1/p-1. The second kappa shape index (κ2) is 11.9. The summed E-state index contributed by atoms with van der Waals surface area (Å²) in [6.07, 6.45) is 0. The van der Waals surface area contributed by atoms with Gasteiger partial charge in [0.05, 0.1) is 0 Å². The van der Waals surface area contributed by atoms with E-state index in [-0.39, 0.29) is 52.9 Å². The maximum atomic E-state index is 12.4. The van der Waals surface area contributed by atoms with Crippen molar-refractivity contribution in [3.8, 4) is 11.5 Å². The Kier molecular flexibility index (Phi) is 9.18. The van der Waals surface area contributed by atoms with Gasteiger partial charge >= 0.3 is 37.4 Å². The fraction of sp³-hybridized carbons (Fsp3) is 0.143. The van der Waals surface area contributed by atoms with Crippen molar-refractivity contribution in [3.05, 3.63) is 131 Å². The van der Waals surface area contributed by atoms with E-state index in [2.05, 4.69) is 38.1 Å². The number of rotatable bonds is 8. The smallest absolute Gasteiger partial charge is 0.736 e. The second-order valence-corrected chi connectivity index (χ2v) is 9.29. The van der Waals surface area contributed by atoms with E-state index in [1.54, 1.807) is 24.3 Å². The van der Waals surface area contributed by atoms with Gasteiger partial charge in [0.1, 0.15) is 11.5 Å². The van der Waals surface area contributed by atoms with E-state index in [0.717, 1.165) is 11.1 Å². The summed E-state index contributed by atoms with van der Waals surface area (Å²) in [6.45, 7) is 4.21. The summed E-state index contributed by atoms with van der Waals surface area (Å²) < 4.78 is 22.8. The van der Waals surface area contributed by atoms with Crippen LogP contribution >= 0.6 is 7.82 Å². The van der Waals surface area contributed by atoms with Crippen molar-refractivity contribution in [2.75, 3.05) is 0 Å². The molecular formula is C28H26NaO4P. The molecule has 168 valence electrons. The fourth-order valence-electron chi connectivity index (χ4n) is 3.78. The molecule has 34 heavy (non-hydrogen) atoms. The Labute approximate surface area is 223 Å². The van der Waals surface area contributed by atoms with Crippen LogP contribution in [0.3, 0.4) is 0 Å². The molecule has 0 aliphatic heterocycles. The Bertz CT molecular complexity index is 1120. The summed E-state index contributed by atoms with van der Waals surface area (Å²) in [4.78, 5) is 12.4. The van der Waals surface area contributed by atoms with Crippen LogP contribution in [-0.2, 0) is 4.57 Å². The summed E-state index contributed by atoms with van der Waals surface area (Å²) in [6, 6.07) is 34.3. The first kappa shape index (κ1) is 26.3. The van der Waals surface area contributed by atoms with Crippen molar-refractivity contribution in [1.82, 2.24) is 0 Å². The number of phosphoric ester groups is 1. The van der Waals surface area contributed by atoms with Crippen LogP contribution in [0.1, 0.15) is 47.9 Å². The van der Waals surface area contributed by atoms with E-state index >= 15 is 0 Å². The molecule has 4 rings (SSSR count). The molecule has 0 radical (unpaired) electrons. The van der Waals surface area contributed by atoms with Gasteiger partial charge in [0, 0.05) is 11.8 Å². The van der Waals surface area contributed by atoms with E-state index in [4.69, 9.17) is 9.05 Å². The molecule has 0 fully saturated rings. The van der Waals surface area contributed by atoms with Crippen LogP contribution in [-0.4, -0.2) is 0 Å². The average Bonchev–Trinajstić information content (AvgIpc) is 2.85. The van der Waals surface area contributed by atoms with Crippen molar-refractivity contribution in [2.24, 2.45) is 0 Å². The van der Waals surface area contributed by atoms with Crippen LogP contribution in [0, 0.1) is 0 Å². The molecule has 0 heterocycles. The predicted octanol–water partition coefficient (Wildman–Crippen LogP) is 3.92. The first-order valence-electron chi connectivity index (χ1n) is 10.9. The SMILES string of the molecule is CC(c1ccccc1)c1ccc(OP(=O)([O-])Oc2ccc(C(C)c3ccccc3)cc2)cc1.[Na+]. The third-order valence-electron chi connectivity index (χ3n) is 5.79. The molecule has 0 aliphatic rings. The minimum absolute atomic E-state index is 0. The van der Waals surface area contributed by atoms with Gasteiger partial charge in [0.15, 0.2) is 0 Å². The zero-order chi connectivity index (χ0) is 23.3. The summed E-state index contributed by atoms with van der Waals surface area (Å²) in [5, 5.41) is 0. The van der Waals surface area contributed by atoms with Gasteiger partial charge in [0.25, 0.3) is 0 Å². The maximum Gasteiger partial charge on any atom is 1.00 e. The molecule has 2 atom stereocenters. The Morgan fingerprint density at radius 2 is 0.853 bits per heavy atom. The van der Waals surface area contributed by atoms with Crippen LogP contribution in [0.2, 0.25) is 0 Å². The van der Waals surface area contributed by atoms with Crippen molar-refractivity contribution in [3.63, 3.8) is 0 Å². The number of phosphoric acid groups is 1. The first-order valence-corrected chi connectivity index (χ1v) is 12.4. The molecule has 0 saturated carbocycles. The van der Waals surface area contributed by atoms with E-state index in [1.165, 1.54) is 11.1 Å². The average molecular weight is 480 g/mol. The molecule has 0 aromatic heterocycles. The summed E-state index contributed by atoms with van der Waals surface area (Å²) in [5.74, 6) is 0.804. The first-order chi connectivity index (χ1) is 15.9. The second-order valence-electron chi connectivity index (χ2n) is 8.03. The van der Waals surface area contributed by atoms with Gasteiger partial charge in [0.2, 0.25) is 0 Å².